The molecule has 1 amide bonds. The number of anilines is 1. The number of aromatic nitrogens is 5. The number of rotatable bonds is 19. The quantitative estimate of drug-likeness (QED) is 0.0621. The van der Waals surface area contributed by atoms with Crippen molar-refractivity contribution in [3.05, 3.63) is 74.4 Å². The Morgan fingerprint density at radius 1 is 0.978 bits per heavy atom. The third-order valence-electron chi connectivity index (χ3n) is 7.43. The van der Waals surface area contributed by atoms with Gasteiger partial charge in [-0.15, -0.1) is 10.2 Å². The van der Waals surface area contributed by atoms with Gasteiger partial charge < -0.3 is 19.4 Å². The summed E-state index contributed by atoms with van der Waals surface area (Å²) in [5, 5.41) is 19.8. The van der Waals surface area contributed by atoms with Gasteiger partial charge in [0.15, 0.2) is 11.4 Å². The lowest BCUT2D eigenvalue weighted by Gasteiger charge is -2.18. The Balaban J connectivity index is 1.31. The first-order chi connectivity index (χ1) is 22.3. The molecule has 2 aromatic heterocycles. The number of amides is 1. The monoisotopic (exact) mass is 688 g/mol. The lowest BCUT2D eigenvalue weighted by atomic mass is 10.1. The van der Waals surface area contributed by atoms with Gasteiger partial charge in [0.05, 0.1) is 28.2 Å². The van der Waals surface area contributed by atoms with Gasteiger partial charge in [-0.25, -0.2) is 4.68 Å². The van der Waals surface area contributed by atoms with Gasteiger partial charge in [-0.2, -0.15) is 5.10 Å². The zero-order valence-electron chi connectivity index (χ0n) is 26.6. The van der Waals surface area contributed by atoms with Gasteiger partial charge in [0.2, 0.25) is 5.91 Å². The predicted molar refractivity (Wildman–Crippen MR) is 185 cm³/mol. The third-order valence-corrected chi connectivity index (χ3v) is 9.03. The molecule has 0 unspecified atom stereocenters. The molecule has 2 heterocycles. The van der Waals surface area contributed by atoms with E-state index >= 15 is 0 Å². The lowest BCUT2D eigenvalue weighted by molar-refractivity contribution is -0.141. The fourth-order valence-electron chi connectivity index (χ4n) is 5.14. The highest BCUT2D eigenvalue weighted by Crippen LogP contribution is 2.26. The number of fused-ring (bicyclic) bond motifs is 1. The molecule has 0 atom stereocenters. The molecule has 1 N–H and O–H groups in total. The number of aryl methyl sites for hydroxylation is 1. The van der Waals surface area contributed by atoms with Crippen molar-refractivity contribution < 1.29 is 14.3 Å². The van der Waals surface area contributed by atoms with Crippen LogP contribution >= 0.6 is 35.0 Å². The second-order valence-electron chi connectivity index (χ2n) is 10.8. The molecule has 0 aliphatic carbocycles. The van der Waals surface area contributed by atoms with Crippen LogP contribution in [0.25, 0.3) is 10.8 Å². The number of ether oxygens (including phenoxy) is 2. The van der Waals surface area contributed by atoms with E-state index in [1.165, 1.54) is 4.68 Å². The van der Waals surface area contributed by atoms with Gasteiger partial charge in [0.25, 0.3) is 5.56 Å². The zero-order valence-corrected chi connectivity index (χ0v) is 29.0. The van der Waals surface area contributed by atoms with E-state index in [9.17, 15) is 9.59 Å². The van der Waals surface area contributed by atoms with E-state index in [2.05, 4.69) is 25.2 Å². The van der Waals surface area contributed by atoms with Gasteiger partial charge in [-0.05, 0) is 51.0 Å². The fourth-order valence-corrected chi connectivity index (χ4v) is 6.58. The number of carbonyl (C=O) groups is 1. The first kappa shape index (κ1) is 35.9. The van der Waals surface area contributed by atoms with Crippen LogP contribution in [-0.4, -0.2) is 55.7 Å². The summed E-state index contributed by atoms with van der Waals surface area (Å²) in [6.07, 6.45) is 6.14. The van der Waals surface area contributed by atoms with Crippen LogP contribution in [0.5, 0.6) is 0 Å². The van der Waals surface area contributed by atoms with Gasteiger partial charge in [-0.3, -0.25) is 9.59 Å². The summed E-state index contributed by atoms with van der Waals surface area (Å²) in [5.74, 6) is 1.63. The molecule has 4 rings (SSSR count). The van der Waals surface area contributed by atoms with E-state index < -0.39 is 0 Å². The SMILES string of the molecule is CCOC(CCn1c(Cc2nn(C)c(=O)c3ccccc23)nnc1SCCCCCCCC(=O)Nc1ccc(Cl)cc1Cl)OCC. The van der Waals surface area contributed by atoms with Crippen molar-refractivity contribution in [2.24, 2.45) is 7.05 Å². The van der Waals surface area contributed by atoms with Crippen LogP contribution in [-0.2, 0) is 34.3 Å². The first-order valence-corrected chi connectivity index (χ1v) is 17.5. The Morgan fingerprint density at radius 3 is 2.43 bits per heavy atom. The van der Waals surface area contributed by atoms with Crippen molar-refractivity contribution in [1.29, 1.82) is 0 Å². The summed E-state index contributed by atoms with van der Waals surface area (Å²) >= 11 is 13.8. The minimum absolute atomic E-state index is 0.0493. The zero-order chi connectivity index (χ0) is 32.9. The first-order valence-electron chi connectivity index (χ1n) is 15.8. The average Bonchev–Trinajstić information content (AvgIpc) is 3.42. The van der Waals surface area contributed by atoms with Crippen molar-refractivity contribution in [1.82, 2.24) is 24.5 Å². The molecule has 0 saturated heterocycles. The Kier molecular flexibility index (Phi) is 14.4. The van der Waals surface area contributed by atoms with Crippen molar-refractivity contribution in [3.8, 4) is 0 Å². The molecule has 4 aromatic rings. The molecular weight excluding hydrogens is 647 g/mol. The summed E-state index contributed by atoms with van der Waals surface area (Å²) in [7, 11) is 1.67. The molecule has 0 bridgehead atoms. The number of nitrogens with one attached hydrogen (secondary N) is 1. The summed E-state index contributed by atoms with van der Waals surface area (Å²) < 4.78 is 15.1. The summed E-state index contributed by atoms with van der Waals surface area (Å²) in [4.78, 5) is 25.0. The number of hydrogen-bond donors (Lipinski definition) is 1. The van der Waals surface area contributed by atoms with Crippen LogP contribution in [0.1, 0.15) is 70.3 Å². The molecule has 0 fully saturated rings. The third kappa shape index (κ3) is 10.3. The van der Waals surface area contributed by atoms with Crippen LogP contribution in [0.3, 0.4) is 0 Å². The highest BCUT2D eigenvalue weighted by molar-refractivity contribution is 7.99. The number of hydrogen-bond acceptors (Lipinski definition) is 8. The van der Waals surface area contributed by atoms with Crippen LogP contribution in [0.2, 0.25) is 10.0 Å². The van der Waals surface area contributed by atoms with E-state index in [-0.39, 0.29) is 17.8 Å². The van der Waals surface area contributed by atoms with E-state index in [0.717, 1.165) is 59.9 Å². The molecule has 46 heavy (non-hydrogen) atoms. The molecule has 0 radical (unpaired) electrons. The molecular formula is C33H42Cl2N6O4S. The summed E-state index contributed by atoms with van der Waals surface area (Å²) in [6.45, 7) is 5.68. The second-order valence-corrected chi connectivity index (χ2v) is 12.7. The maximum atomic E-state index is 12.7. The van der Waals surface area contributed by atoms with Gasteiger partial charge in [-0.1, -0.05) is 72.4 Å². The lowest BCUT2D eigenvalue weighted by Crippen LogP contribution is -2.22. The van der Waals surface area contributed by atoms with E-state index in [0.29, 0.717) is 60.1 Å². The fraction of sp³-hybridized carbons (Fsp3) is 0.485. The number of carbonyl (C=O) groups excluding carboxylic acids is 1. The minimum Gasteiger partial charge on any atom is -0.353 e. The predicted octanol–water partition coefficient (Wildman–Crippen LogP) is 7.28. The second kappa shape index (κ2) is 18.4. The van der Waals surface area contributed by atoms with Crippen LogP contribution < -0.4 is 10.9 Å². The number of nitrogens with zero attached hydrogens (tertiary/aromatic N) is 5. The average molecular weight is 690 g/mol. The summed E-state index contributed by atoms with van der Waals surface area (Å²) in [6, 6.07) is 12.6. The van der Waals surface area contributed by atoms with Crippen molar-refractivity contribution in [3.63, 3.8) is 0 Å². The van der Waals surface area contributed by atoms with Crippen molar-refractivity contribution >= 4 is 57.3 Å². The molecule has 10 nitrogen and oxygen atoms in total. The Hall–Kier alpha value is -2.96. The van der Waals surface area contributed by atoms with Crippen molar-refractivity contribution in [2.75, 3.05) is 24.3 Å². The van der Waals surface area contributed by atoms with Gasteiger partial charge in [0, 0.05) is 55.8 Å². The Labute approximate surface area is 284 Å². The maximum absolute atomic E-state index is 12.7. The largest absolute Gasteiger partial charge is 0.353 e. The maximum Gasteiger partial charge on any atom is 0.274 e. The summed E-state index contributed by atoms with van der Waals surface area (Å²) in [5.41, 5.74) is 1.23. The standard InChI is InChI=1S/C33H42Cl2N6O4S/c1-4-44-31(45-5-2)18-19-41-29(22-28-24-13-10-11-14-25(24)32(43)40(3)39-28)37-38-33(41)46-20-12-8-6-7-9-15-30(42)36-27-17-16-23(34)21-26(27)35/h10-11,13-14,16-17,21,31H,4-9,12,15,18-20,22H2,1-3H3,(H,36,42). The van der Waals surface area contributed by atoms with Gasteiger partial charge in [0.1, 0.15) is 5.82 Å². The van der Waals surface area contributed by atoms with Gasteiger partial charge >= 0.3 is 0 Å². The van der Waals surface area contributed by atoms with E-state index in [1.54, 1.807) is 37.0 Å². The number of benzene rings is 2. The number of halogens is 2. The topological polar surface area (TPSA) is 113 Å². The molecule has 0 saturated carbocycles. The van der Waals surface area contributed by atoms with E-state index in [4.69, 9.17) is 32.7 Å². The normalized spacial score (nSPS) is 11.5. The van der Waals surface area contributed by atoms with Crippen LogP contribution in [0.15, 0.2) is 52.4 Å². The van der Waals surface area contributed by atoms with E-state index in [1.807, 2.05) is 38.1 Å². The molecule has 248 valence electrons. The minimum atomic E-state index is -0.315. The highest BCUT2D eigenvalue weighted by atomic mass is 35.5. The highest BCUT2D eigenvalue weighted by Gasteiger charge is 2.19. The van der Waals surface area contributed by atoms with Crippen LogP contribution in [0.4, 0.5) is 5.69 Å². The molecule has 2 aromatic carbocycles. The number of thioether (sulfide) groups is 1. The molecule has 13 heteroatoms. The van der Waals surface area contributed by atoms with Crippen molar-refractivity contribution in [2.45, 2.75) is 83.2 Å². The molecule has 0 aliphatic heterocycles. The smallest absolute Gasteiger partial charge is 0.274 e. The Morgan fingerprint density at radius 2 is 1.70 bits per heavy atom. The molecule has 0 aliphatic rings. The van der Waals surface area contributed by atoms with Crippen LogP contribution in [0, 0.1) is 0 Å². The number of unbranched alkanes of at least 4 members (excludes halogenated alkanes) is 4. The molecule has 0 spiro atoms. The Bertz CT molecular complexity index is 1640.